The van der Waals surface area contributed by atoms with Crippen LogP contribution in [-0.4, -0.2) is 217 Å². The summed E-state index contributed by atoms with van der Waals surface area (Å²) in [7, 11) is 4.87. The first kappa shape index (κ1) is 63.7. The lowest BCUT2D eigenvalue weighted by atomic mass is 9.75. The van der Waals surface area contributed by atoms with Gasteiger partial charge >= 0.3 is 12.0 Å². The number of ether oxygens (including phenoxy) is 9. The molecule has 4 aliphatic rings. The van der Waals surface area contributed by atoms with E-state index < -0.39 is 108 Å². The predicted octanol–water partition coefficient (Wildman–Crippen LogP) is 4.55. The summed E-state index contributed by atoms with van der Waals surface area (Å²) in [5.74, 6) is -1.62. The van der Waals surface area contributed by atoms with Gasteiger partial charge in [-0.15, -0.1) is 0 Å². The van der Waals surface area contributed by atoms with Crippen LogP contribution in [0.1, 0.15) is 122 Å². The molecular formula is C56H99N5O15. The van der Waals surface area contributed by atoms with Crippen molar-refractivity contribution in [3.8, 4) is 17.2 Å². The zero-order valence-corrected chi connectivity index (χ0v) is 48.8. The van der Waals surface area contributed by atoms with Gasteiger partial charge < -0.3 is 88.4 Å². The minimum atomic E-state index is -1.87. The van der Waals surface area contributed by atoms with Crippen molar-refractivity contribution in [2.24, 2.45) is 17.8 Å². The second-order valence-electron chi connectivity index (χ2n) is 22.9. The highest BCUT2D eigenvalue weighted by molar-refractivity contribution is 5.75. The van der Waals surface area contributed by atoms with Crippen LogP contribution in [0, 0.1) is 17.8 Å². The topological polar surface area (TPSA) is 232 Å². The predicted molar refractivity (Wildman–Crippen MR) is 287 cm³/mol. The minimum absolute atomic E-state index is 0.0461. The second-order valence-corrected chi connectivity index (χ2v) is 22.9. The number of methoxy groups -OCH3 is 2. The molecule has 20 nitrogen and oxygen atoms in total. The Hall–Kier alpha value is -3.12. The Bertz CT molecular complexity index is 1980. The number of urea groups is 1. The molecule has 0 saturated carbocycles. The number of carbonyl (C=O) groups is 2. The van der Waals surface area contributed by atoms with E-state index in [0.29, 0.717) is 56.5 Å². The summed E-state index contributed by atoms with van der Waals surface area (Å²) < 4.78 is 58.7. The molecule has 438 valence electrons. The normalized spacial score (nSPS) is 39.6. The number of carbonyl (C=O) groups excluding carboxylic acids is 2. The highest BCUT2D eigenvalue weighted by Gasteiger charge is 2.59. The maximum absolute atomic E-state index is 14.8. The molecule has 76 heavy (non-hydrogen) atoms. The third-order valence-corrected chi connectivity index (χ3v) is 16.9. The zero-order valence-electron chi connectivity index (χ0n) is 48.8. The van der Waals surface area contributed by atoms with Crippen molar-refractivity contribution < 1.29 is 72.6 Å². The summed E-state index contributed by atoms with van der Waals surface area (Å²) >= 11 is 0. The van der Waals surface area contributed by atoms with Crippen LogP contribution in [-0.2, 0) is 33.2 Å². The number of esters is 1. The van der Waals surface area contributed by atoms with Gasteiger partial charge in [0.1, 0.15) is 34.8 Å². The number of rotatable bonds is 17. The lowest BCUT2D eigenvalue weighted by Crippen LogP contribution is -2.70. The molecule has 4 saturated heterocycles. The van der Waals surface area contributed by atoms with Crippen LogP contribution in [0.25, 0.3) is 0 Å². The quantitative estimate of drug-likeness (QED) is 0.0928. The molecule has 4 heterocycles. The second kappa shape index (κ2) is 27.4. The van der Waals surface area contributed by atoms with Gasteiger partial charge in [0, 0.05) is 71.3 Å². The molecule has 1 aromatic rings. The number of nitrogens with zero attached hydrogens (tertiary/aromatic N) is 3. The van der Waals surface area contributed by atoms with Crippen molar-refractivity contribution in [1.29, 1.82) is 0 Å². The van der Waals surface area contributed by atoms with Gasteiger partial charge in [0.15, 0.2) is 30.2 Å². The molecule has 4 fully saturated rings. The summed E-state index contributed by atoms with van der Waals surface area (Å²) in [4.78, 5) is 35.3. The van der Waals surface area contributed by atoms with E-state index in [0.717, 1.165) is 26.1 Å². The first-order valence-corrected chi connectivity index (χ1v) is 28.1. The molecule has 5 rings (SSSR count). The highest BCUT2D eigenvalue weighted by atomic mass is 16.7. The molecule has 0 aromatic heterocycles. The number of amides is 2. The van der Waals surface area contributed by atoms with Crippen molar-refractivity contribution in [3.05, 3.63) is 18.2 Å². The molecule has 0 unspecified atom stereocenters. The lowest BCUT2D eigenvalue weighted by molar-refractivity contribution is -0.335. The summed E-state index contributed by atoms with van der Waals surface area (Å²) in [6, 6.07) is 3.80. The van der Waals surface area contributed by atoms with E-state index in [1.165, 1.54) is 14.0 Å². The Morgan fingerprint density at radius 3 is 2.21 bits per heavy atom. The summed E-state index contributed by atoms with van der Waals surface area (Å²) in [6.45, 7) is 28.7. The smallest absolute Gasteiger partial charge is 0.320 e. The van der Waals surface area contributed by atoms with Gasteiger partial charge in [-0.1, -0.05) is 34.6 Å². The summed E-state index contributed by atoms with van der Waals surface area (Å²) in [6.07, 6.45) is -7.81. The molecule has 0 spiro atoms. The SMILES string of the molecule is CCCNC[C@]1(O)[C@H](C)O[C@@H](O[C@H]2[C@H](C)[C@@H](O[C@@H]3O[C@H](C)C[C@H](N(C)C(=O)N4CCN(CC)CC4)[C@H]3Oc3ccc(OC)c(OCC)c3)[C@](C)(O)C[C@@H](C)CN[C@H](C)[C@@H](O)[C@](C)(O)[C@@H](CC)OC(=O)[C@@H]2C)C[C@@]1(C)OC. The fraction of sp³-hybridized carbons (Fsp3) is 0.857. The largest absolute Gasteiger partial charge is 0.493 e. The Morgan fingerprint density at radius 1 is 0.921 bits per heavy atom. The summed E-state index contributed by atoms with van der Waals surface area (Å²) in [5, 5.41) is 55.8. The number of piperazine rings is 1. The number of hydrogen-bond acceptors (Lipinski definition) is 18. The molecule has 1 aromatic carbocycles. The van der Waals surface area contributed by atoms with Gasteiger partial charge in [0.2, 0.25) is 0 Å². The zero-order chi connectivity index (χ0) is 56.5. The molecule has 0 radical (unpaired) electrons. The van der Waals surface area contributed by atoms with Crippen LogP contribution in [0.3, 0.4) is 0 Å². The lowest BCUT2D eigenvalue weighted by Gasteiger charge is -2.53. The van der Waals surface area contributed by atoms with E-state index in [2.05, 4.69) is 22.5 Å². The Kier molecular flexibility index (Phi) is 22.9. The number of benzene rings is 1. The van der Waals surface area contributed by atoms with Crippen molar-refractivity contribution >= 4 is 12.0 Å². The van der Waals surface area contributed by atoms with Gasteiger partial charge in [-0.2, -0.15) is 0 Å². The Morgan fingerprint density at radius 2 is 1.61 bits per heavy atom. The first-order chi connectivity index (χ1) is 35.7. The van der Waals surface area contributed by atoms with Gasteiger partial charge in [-0.3, -0.25) is 4.79 Å². The Balaban J connectivity index is 1.66. The molecule has 20 heteroatoms. The van der Waals surface area contributed by atoms with Crippen LogP contribution in [0.4, 0.5) is 4.79 Å². The van der Waals surface area contributed by atoms with E-state index >= 15 is 0 Å². The number of hydrogen-bond donors (Lipinski definition) is 6. The molecule has 6 N–H and O–H groups in total. The van der Waals surface area contributed by atoms with E-state index in [4.69, 9.17) is 42.6 Å². The van der Waals surface area contributed by atoms with E-state index in [1.807, 2.05) is 46.4 Å². The fourth-order valence-corrected chi connectivity index (χ4v) is 12.0. The number of nitrogens with one attached hydrogen (secondary N) is 2. The third-order valence-electron chi connectivity index (χ3n) is 16.9. The van der Waals surface area contributed by atoms with Crippen molar-refractivity contribution in [3.63, 3.8) is 0 Å². The number of aliphatic hydroxyl groups excluding tert-OH is 1. The van der Waals surface area contributed by atoms with Crippen molar-refractivity contribution in [2.75, 3.05) is 80.2 Å². The standard InChI is InChI=1S/C56H99N5O15/c1-17-23-57-33-56(67)39(10)72-45(31-54(56,12)69-16)75-46-36(7)49(53(11,65)30-34(5)32-58-38(9)48(62)55(13,66)44(18-2)74-50(63)37(46)8)76-51-47(73-40-21-22-42(68-15)43(29-40)70-20-4)41(28-35(6)71-51)59(14)52(64)61-26-24-60(19-3)25-27-61/h21-22,29,34-39,41,44-49,51,57-58,62,65-67H,17-20,23-28,30-33H2,1-16H3/t34-,35-,36+,37-,38-,39+,41+,44-,45+,46+,47-,48-,49-,51+,53-,54-,55-,56+/m1/s1. The molecular weight excluding hydrogens is 983 g/mol. The van der Waals surface area contributed by atoms with Crippen LogP contribution >= 0.6 is 0 Å². The molecule has 18 atom stereocenters. The average molecular weight is 1080 g/mol. The number of cyclic esters (lactones) is 1. The van der Waals surface area contributed by atoms with Crippen LogP contribution in [0.15, 0.2) is 18.2 Å². The van der Waals surface area contributed by atoms with Gasteiger partial charge in [0.25, 0.3) is 0 Å². The van der Waals surface area contributed by atoms with Crippen LogP contribution < -0.4 is 24.8 Å². The molecule has 4 aliphatic heterocycles. The van der Waals surface area contributed by atoms with Gasteiger partial charge in [0.05, 0.1) is 55.7 Å². The van der Waals surface area contributed by atoms with E-state index in [-0.39, 0.29) is 37.8 Å². The summed E-state index contributed by atoms with van der Waals surface area (Å²) in [5.41, 5.74) is -6.26. The minimum Gasteiger partial charge on any atom is -0.493 e. The van der Waals surface area contributed by atoms with E-state index in [1.54, 1.807) is 71.9 Å². The van der Waals surface area contributed by atoms with Crippen molar-refractivity contribution in [2.45, 2.75) is 212 Å². The van der Waals surface area contributed by atoms with E-state index in [9.17, 15) is 30.0 Å². The average Bonchev–Trinajstić information content (AvgIpc) is 3.38. The number of likely N-dealkylation sites (N-methyl/N-ethyl adjacent to an activating group) is 2. The monoisotopic (exact) mass is 1080 g/mol. The van der Waals surface area contributed by atoms with Gasteiger partial charge in [-0.05, 0) is 119 Å². The third kappa shape index (κ3) is 14.6. The van der Waals surface area contributed by atoms with Crippen molar-refractivity contribution in [1.82, 2.24) is 25.3 Å². The fourth-order valence-electron chi connectivity index (χ4n) is 12.0. The molecule has 2 amide bonds. The first-order valence-electron chi connectivity index (χ1n) is 28.1. The molecule has 0 bridgehead atoms. The Labute approximate surface area is 454 Å². The maximum Gasteiger partial charge on any atom is 0.320 e. The van der Waals surface area contributed by atoms with Gasteiger partial charge in [-0.25, -0.2) is 4.79 Å². The number of aliphatic hydroxyl groups is 4. The molecule has 0 aliphatic carbocycles. The van der Waals surface area contributed by atoms with Crippen LogP contribution in [0.2, 0.25) is 0 Å². The van der Waals surface area contributed by atoms with Crippen LogP contribution in [0.5, 0.6) is 17.2 Å². The maximum atomic E-state index is 14.8. The highest BCUT2D eigenvalue weighted by Crippen LogP contribution is 2.44.